The van der Waals surface area contributed by atoms with Crippen LogP contribution < -0.4 is 10.5 Å². The van der Waals surface area contributed by atoms with Crippen molar-refractivity contribution in [1.82, 2.24) is 0 Å². The molecule has 1 unspecified atom stereocenters. The number of nitrogens with two attached hydrogens (primary N) is 1. The topological polar surface area (TPSA) is 59.0 Å². The lowest BCUT2D eigenvalue weighted by Crippen LogP contribution is -2.39. The van der Waals surface area contributed by atoms with Crippen LogP contribution in [0.3, 0.4) is 0 Å². The summed E-state index contributed by atoms with van der Waals surface area (Å²) in [7, 11) is 1.61. The van der Waals surface area contributed by atoms with Gasteiger partial charge in [0.05, 0.1) is 24.6 Å². The molecule has 0 saturated heterocycles. The third-order valence-corrected chi connectivity index (χ3v) is 4.32. The molecule has 0 spiro atoms. The summed E-state index contributed by atoms with van der Waals surface area (Å²) in [5.41, 5.74) is 7.60. The number of benzene rings is 1. The Balaban J connectivity index is 2.44. The van der Waals surface area contributed by atoms with Gasteiger partial charge in [-0.15, -0.1) is 0 Å². The molecular formula is C14H17ClN2O. The molecule has 1 aromatic rings. The van der Waals surface area contributed by atoms with Crippen molar-refractivity contribution in [3.05, 3.63) is 28.3 Å². The highest BCUT2D eigenvalue weighted by atomic mass is 35.5. The minimum Gasteiger partial charge on any atom is -0.496 e. The molecular weight excluding hydrogens is 248 g/mol. The molecule has 0 heterocycles. The normalized spacial score (nSPS) is 18.6. The Morgan fingerprint density at radius 1 is 1.50 bits per heavy atom. The number of methoxy groups -OCH3 is 1. The molecule has 0 radical (unpaired) electrons. The number of nitrogens with zero attached hydrogens (tertiary/aromatic N) is 1. The summed E-state index contributed by atoms with van der Waals surface area (Å²) < 4.78 is 5.36. The van der Waals surface area contributed by atoms with Crippen LogP contribution in [0, 0.1) is 23.7 Å². The molecule has 3 nitrogen and oxygen atoms in total. The number of ether oxygens (including phenoxy) is 1. The predicted octanol–water partition coefficient (Wildman–Crippen LogP) is 3.35. The third kappa shape index (κ3) is 1.96. The molecule has 96 valence electrons. The van der Waals surface area contributed by atoms with Gasteiger partial charge in [0.25, 0.3) is 0 Å². The average Bonchev–Trinajstić information content (AvgIpc) is 2.31. The fraction of sp³-hybridized carbons (Fsp3) is 0.500. The van der Waals surface area contributed by atoms with E-state index in [1.54, 1.807) is 7.11 Å². The van der Waals surface area contributed by atoms with Gasteiger partial charge in [0, 0.05) is 10.6 Å². The van der Waals surface area contributed by atoms with E-state index in [1.165, 1.54) is 0 Å². The fourth-order valence-corrected chi connectivity index (χ4v) is 2.61. The van der Waals surface area contributed by atoms with Crippen molar-refractivity contribution in [3.63, 3.8) is 0 Å². The lowest BCUT2D eigenvalue weighted by atomic mass is 9.63. The van der Waals surface area contributed by atoms with E-state index in [2.05, 4.69) is 6.07 Å². The molecule has 4 heteroatoms. The molecule has 1 aliphatic carbocycles. The molecule has 1 aliphatic rings. The van der Waals surface area contributed by atoms with Gasteiger partial charge < -0.3 is 10.5 Å². The summed E-state index contributed by atoms with van der Waals surface area (Å²) in [6, 6.07) is 5.74. The van der Waals surface area contributed by atoms with Crippen LogP contribution in [0.4, 0.5) is 0 Å². The zero-order valence-corrected chi connectivity index (χ0v) is 11.4. The smallest absolute Gasteiger partial charge is 0.124 e. The predicted molar refractivity (Wildman–Crippen MR) is 71.6 cm³/mol. The molecule has 0 aromatic heterocycles. The summed E-state index contributed by atoms with van der Waals surface area (Å²) in [5, 5.41) is 10.0. The Labute approximate surface area is 112 Å². The van der Waals surface area contributed by atoms with Gasteiger partial charge in [-0.05, 0) is 37.5 Å². The Kier molecular flexibility index (Phi) is 3.52. The summed E-state index contributed by atoms with van der Waals surface area (Å²) in [6.07, 6.45) is 2.75. The minimum absolute atomic E-state index is 0.343. The lowest BCUT2D eigenvalue weighted by Gasteiger charge is -2.40. The van der Waals surface area contributed by atoms with Crippen LogP contribution in [0.5, 0.6) is 5.75 Å². The number of rotatable bonds is 3. The van der Waals surface area contributed by atoms with Crippen LogP contribution >= 0.6 is 11.6 Å². The zero-order chi connectivity index (χ0) is 13.3. The molecule has 2 rings (SSSR count). The molecule has 2 N–H and O–H groups in total. The maximum atomic E-state index is 9.35. The second-order valence-electron chi connectivity index (χ2n) is 4.94. The summed E-state index contributed by atoms with van der Waals surface area (Å²) in [5.74, 6) is 0.714. The Morgan fingerprint density at radius 2 is 2.17 bits per heavy atom. The standard InChI is InChI=1S/C14H17ClN2O/c1-9-6-12(18-2)10(7-11(9)15)13(17)14(8-16)4-3-5-14/h6-7,13H,3-5,17H2,1-2H3. The highest BCUT2D eigenvalue weighted by Crippen LogP contribution is 2.50. The molecule has 0 amide bonds. The van der Waals surface area contributed by atoms with Crippen molar-refractivity contribution in [1.29, 1.82) is 5.26 Å². The van der Waals surface area contributed by atoms with E-state index in [0.29, 0.717) is 10.8 Å². The molecule has 1 fully saturated rings. The first kappa shape index (κ1) is 13.2. The van der Waals surface area contributed by atoms with Crippen LogP contribution in [0.25, 0.3) is 0 Å². The lowest BCUT2D eigenvalue weighted by molar-refractivity contribution is 0.166. The van der Waals surface area contributed by atoms with Crippen molar-refractivity contribution >= 4 is 11.6 Å². The third-order valence-electron chi connectivity index (χ3n) is 3.91. The minimum atomic E-state index is -0.453. The first-order valence-electron chi connectivity index (χ1n) is 6.05. The zero-order valence-electron chi connectivity index (χ0n) is 10.7. The number of halogens is 1. The van der Waals surface area contributed by atoms with Gasteiger partial charge in [-0.1, -0.05) is 18.0 Å². The molecule has 0 aliphatic heterocycles. The molecule has 1 atom stereocenters. The van der Waals surface area contributed by atoms with Gasteiger partial charge >= 0.3 is 0 Å². The van der Waals surface area contributed by atoms with Crippen LogP contribution in [-0.2, 0) is 0 Å². The van der Waals surface area contributed by atoms with Gasteiger partial charge in [-0.2, -0.15) is 5.26 Å². The number of nitriles is 1. The summed E-state index contributed by atoms with van der Waals surface area (Å²) in [6.45, 7) is 1.92. The van der Waals surface area contributed by atoms with Crippen molar-refractivity contribution in [2.45, 2.75) is 32.2 Å². The molecule has 0 bridgehead atoms. The second kappa shape index (κ2) is 4.79. The number of hydrogen-bond donors (Lipinski definition) is 1. The second-order valence-corrected chi connectivity index (χ2v) is 5.35. The van der Waals surface area contributed by atoms with Crippen LogP contribution in [0.15, 0.2) is 12.1 Å². The van der Waals surface area contributed by atoms with Crippen molar-refractivity contribution in [2.24, 2.45) is 11.1 Å². The van der Waals surface area contributed by atoms with E-state index in [-0.39, 0.29) is 6.04 Å². The molecule has 18 heavy (non-hydrogen) atoms. The average molecular weight is 265 g/mol. The first-order chi connectivity index (χ1) is 8.54. The maximum Gasteiger partial charge on any atom is 0.124 e. The fourth-order valence-electron chi connectivity index (χ4n) is 2.44. The summed E-state index contributed by atoms with van der Waals surface area (Å²) >= 11 is 6.15. The number of hydrogen-bond acceptors (Lipinski definition) is 3. The monoisotopic (exact) mass is 264 g/mol. The first-order valence-corrected chi connectivity index (χ1v) is 6.43. The number of aryl methyl sites for hydroxylation is 1. The van der Waals surface area contributed by atoms with Gasteiger partial charge in [0.2, 0.25) is 0 Å². The highest BCUT2D eigenvalue weighted by Gasteiger charge is 2.44. The molecule has 1 saturated carbocycles. The SMILES string of the molecule is COc1cc(C)c(Cl)cc1C(N)C1(C#N)CCC1. The Hall–Kier alpha value is -1.24. The van der Waals surface area contributed by atoms with E-state index in [4.69, 9.17) is 22.1 Å². The van der Waals surface area contributed by atoms with E-state index < -0.39 is 5.41 Å². The van der Waals surface area contributed by atoms with Crippen LogP contribution in [0.2, 0.25) is 5.02 Å². The Morgan fingerprint density at radius 3 is 2.61 bits per heavy atom. The van der Waals surface area contributed by atoms with Gasteiger partial charge in [-0.3, -0.25) is 0 Å². The Bertz CT molecular complexity index is 503. The van der Waals surface area contributed by atoms with E-state index in [9.17, 15) is 5.26 Å². The molecule has 1 aromatic carbocycles. The summed E-state index contributed by atoms with van der Waals surface area (Å²) in [4.78, 5) is 0. The largest absolute Gasteiger partial charge is 0.496 e. The maximum absolute atomic E-state index is 9.35. The van der Waals surface area contributed by atoms with E-state index in [1.807, 2.05) is 19.1 Å². The van der Waals surface area contributed by atoms with Crippen molar-refractivity contribution in [2.75, 3.05) is 7.11 Å². The van der Waals surface area contributed by atoms with Gasteiger partial charge in [0.15, 0.2) is 0 Å². The quantitative estimate of drug-likeness (QED) is 0.911. The van der Waals surface area contributed by atoms with Gasteiger partial charge in [0.1, 0.15) is 5.75 Å². The van der Waals surface area contributed by atoms with E-state index >= 15 is 0 Å². The van der Waals surface area contributed by atoms with Crippen LogP contribution in [0.1, 0.15) is 36.4 Å². The van der Waals surface area contributed by atoms with E-state index in [0.717, 1.165) is 30.4 Å². The van der Waals surface area contributed by atoms with Crippen LogP contribution in [-0.4, -0.2) is 7.11 Å². The van der Waals surface area contributed by atoms with Gasteiger partial charge in [-0.25, -0.2) is 0 Å². The van der Waals surface area contributed by atoms with Crippen molar-refractivity contribution < 1.29 is 4.74 Å². The highest BCUT2D eigenvalue weighted by molar-refractivity contribution is 6.31. The van der Waals surface area contributed by atoms with Crippen molar-refractivity contribution in [3.8, 4) is 11.8 Å².